The molecule has 1 aliphatic rings. The van der Waals surface area contributed by atoms with Gasteiger partial charge in [-0.15, -0.1) is 0 Å². The molecule has 0 unspecified atom stereocenters. The first-order valence-electron chi connectivity index (χ1n) is 5.33. The maximum absolute atomic E-state index is 4.66. The van der Waals surface area contributed by atoms with Crippen LogP contribution >= 0.6 is 12.2 Å². The zero-order valence-corrected chi connectivity index (χ0v) is 9.46. The SMILES string of the molecule is S=C=Nc1ccccc1N1CCCCC1. The van der Waals surface area contributed by atoms with Crippen LogP contribution in [0.2, 0.25) is 0 Å². The largest absolute Gasteiger partial charge is 0.370 e. The number of aliphatic imine (C=N–C) groups is 1. The van der Waals surface area contributed by atoms with Gasteiger partial charge in [0.2, 0.25) is 0 Å². The molecule has 3 heteroatoms. The average molecular weight is 218 g/mol. The van der Waals surface area contributed by atoms with Gasteiger partial charge in [-0.1, -0.05) is 12.1 Å². The molecule has 0 bridgehead atoms. The van der Waals surface area contributed by atoms with Crippen LogP contribution in [0, 0.1) is 0 Å². The third kappa shape index (κ3) is 2.44. The summed E-state index contributed by atoms with van der Waals surface area (Å²) < 4.78 is 0. The lowest BCUT2D eigenvalue weighted by Crippen LogP contribution is -2.29. The summed E-state index contributed by atoms with van der Waals surface area (Å²) in [5.41, 5.74) is 2.13. The van der Waals surface area contributed by atoms with Gasteiger partial charge in [-0.05, 0) is 43.6 Å². The molecule has 0 amide bonds. The van der Waals surface area contributed by atoms with Gasteiger partial charge in [-0.25, -0.2) is 0 Å². The molecule has 0 N–H and O–H groups in total. The van der Waals surface area contributed by atoms with Gasteiger partial charge in [0.1, 0.15) is 0 Å². The van der Waals surface area contributed by atoms with Crippen LogP contribution < -0.4 is 4.90 Å². The zero-order chi connectivity index (χ0) is 10.5. The number of isothiocyanates is 1. The Morgan fingerprint density at radius 3 is 2.60 bits per heavy atom. The molecule has 2 rings (SSSR count). The first kappa shape index (κ1) is 10.3. The van der Waals surface area contributed by atoms with E-state index in [1.54, 1.807) is 0 Å². The molecule has 0 aliphatic carbocycles. The first-order valence-corrected chi connectivity index (χ1v) is 5.74. The van der Waals surface area contributed by atoms with Gasteiger partial charge in [0, 0.05) is 13.1 Å². The van der Waals surface area contributed by atoms with Gasteiger partial charge in [0.25, 0.3) is 0 Å². The predicted octanol–water partition coefficient (Wildman–Crippen LogP) is 3.41. The highest BCUT2D eigenvalue weighted by molar-refractivity contribution is 7.78. The van der Waals surface area contributed by atoms with Crippen molar-refractivity contribution >= 4 is 28.8 Å². The smallest absolute Gasteiger partial charge is 0.0972 e. The number of piperidine rings is 1. The van der Waals surface area contributed by atoms with E-state index >= 15 is 0 Å². The van der Waals surface area contributed by atoms with Gasteiger partial charge in [0.15, 0.2) is 0 Å². The Kier molecular flexibility index (Phi) is 3.49. The predicted molar refractivity (Wildman–Crippen MR) is 67.2 cm³/mol. The number of thiocarbonyl (C=S) groups is 1. The molecule has 0 aromatic heterocycles. The number of benzene rings is 1. The Bertz CT molecular complexity index is 377. The standard InChI is InChI=1S/C12H14N2S/c15-10-13-11-6-2-3-7-12(11)14-8-4-1-5-9-14/h2-3,6-7H,1,4-5,8-9H2. The summed E-state index contributed by atoms with van der Waals surface area (Å²) in [5, 5.41) is 2.45. The zero-order valence-electron chi connectivity index (χ0n) is 8.65. The van der Waals surface area contributed by atoms with Crippen LogP contribution in [0.15, 0.2) is 29.3 Å². The minimum atomic E-state index is 0.939. The van der Waals surface area contributed by atoms with E-state index in [2.05, 4.69) is 33.3 Å². The topological polar surface area (TPSA) is 15.6 Å². The number of rotatable bonds is 2. The summed E-state index contributed by atoms with van der Waals surface area (Å²) in [5.74, 6) is 0. The molecule has 1 heterocycles. The van der Waals surface area contributed by atoms with Crippen molar-refractivity contribution in [3.63, 3.8) is 0 Å². The van der Waals surface area contributed by atoms with E-state index < -0.39 is 0 Å². The first-order chi connectivity index (χ1) is 7.42. The van der Waals surface area contributed by atoms with E-state index in [-0.39, 0.29) is 0 Å². The van der Waals surface area contributed by atoms with E-state index in [9.17, 15) is 0 Å². The molecule has 1 fully saturated rings. The average Bonchev–Trinajstić information content (AvgIpc) is 2.31. The Balaban J connectivity index is 2.28. The summed E-state index contributed by atoms with van der Waals surface area (Å²) >= 11 is 4.66. The Morgan fingerprint density at radius 2 is 1.87 bits per heavy atom. The second-order valence-corrected chi connectivity index (χ2v) is 3.92. The van der Waals surface area contributed by atoms with Crippen LogP contribution in [0.3, 0.4) is 0 Å². The molecule has 1 aromatic carbocycles. The number of nitrogens with zero attached hydrogens (tertiary/aromatic N) is 2. The molecule has 0 radical (unpaired) electrons. The van der Waals surface area contributed by atoms with Crippen molar-refractivity contribution < 1.29 is 0 Å². The van der Waals surface area contributed by atoms with Crippen LogP contribution in [0.25, 0.3) is 0 Å². The van der Waals surface area contributed by atoms with E-state index in [0.29, 0.717) is 0 Å². The molecule has 0 spiro atoms. The van der Waals surface area contributed by atoms with Gasteiger partial charge in [-0.2, -0.15) is 4.99 Å². The number of hydrogen-bond donors (Lipinski definition) is 0. The maximum Gasteiger partial charge on any atom is 0.0972 e. The van der Waals surface area contributed by atoms with Gasteiger partial charge in [-0.3, -0.25) is 0 Å². The molecular weight excluding hydrogens is 204 g/mol. The number of para-hydroxylation sites is 2. The minimum Gasteiger partial charge on any atom is -0.370 e. The second kappa shape index (κ2) is 5.06. The lowest BCUT2D eigenvalue weighted by atomic mass is 10.1. The van der Waals surface area contributed by atoms with Crippen molar-refractivity contribution in [1.82, 2.24) is 0 Å². The monoisotopic (exact) mass is 218 g/mol. The second-order valence-electron chi connectivity index (χ2n) is 3.74. The van der Waals surface area contributed by atoms with Gasteiger partial charge >= 0.3 is 0 Å². The van der Waals surface area contributed by atoms with Crippen molar-refractivity contribution in [3.8, 4) is 0 Å². The summed E-state index contributed by atoms with van der Waals surface area (Å²) in [6.45, 7) is 2.26. The third-order valence-corrected chi connectivity index (χ3v) is 2.84. The molecule has 0 atom stereocenters. The fraction of sp³-hybridized carbons (Fsp3) is 0.417. The lowest BCUT2D eigenvalue weighted by Gasteiger charge is -2.29. The summed E-state index contributed by atoms with van der Waals surface area (Å²) in [7, 11) is 0. The highest BCUT2D eigenvalue weighted by atomic mass is 32.1. The van der Waals surface area contributed by atoms with Crippen molar-refractivity contribution in [3.05, 3.63) is 24.3 Å². The molecule has 2 nitrogen and oxygen atoms in total. The minimum absolute atomic E-state index is 0.939. The molecule has 1 saturated heterocycles. The number of hydrogen-bond acceptors (Lipinski definition) is 3. The summed E-state index contributed by atoms with van der Waals surface area (Å²) in [6.07, 6.45) is 3.89. The lowest BCUT2D eigenvalue weighted by molar-refractivity contribution is 0.578. The highest BCUT2D eigenvalue weighted by Gasteiger charge is 2.13. The van der Waals surface area contributed by atoms with E-state index in [0.717, 1.165) is 18.8 Å². The molecule has 0 saturated carbocycles. The molecule has 1 aliphatic heterocycles. The van der Waals surface area contributed by atoms with Crippen molar-refractivity contribution in [2.45, 2.75) is 19.3 Å². The Hall–Kier alpha value is -1.18. The van der Waals surface area contributed by atoms with Gasteiger partial charge in [0.05, 0.1) is 16.5 Å². The number of anilines is 1. The Labute approximate surface area is 95.6 Å². The van der Waals surface area contributed by atoms with E-state index in [1.165, 1.54) is 24.9 Å². The van der Waals surface area contributed by atoms with Crippen LogP contribution in [0.5, 0.6) is 0 Å². The van der Waals surface area contributed by atoms with Crippen LogP contribution in [-0.2, 0) is 0 Å². The summed E-state index contributed by atoms with van der Waals surface area (Å²) in [4.78, 5) is 6.49. The highest BCUT2D eigenvalue weighted by Crippen LogP contribution is 2.29. The quantitative estimate of drug-likeness (QED) is 0.558. The van der Waals surface area contributed by atoms with Crippen LogP contribution in [0.1, 0.15) is 19.3 Å². The van der Waals surface area contributed by atoms with Crippen molar-refractivity contribution in [2.75, 3.05) is 18.0 Å². The maximum atomic E-state index is 4.66. The van der Waals surface area contributed by atoms with E-state index in [1.807, 2.05) is 18.2 Å². The summed E-state index contributed by atoms with van der Waals surface area (Å²) in [6, 6.07) is 8.13. The molecule has 15 heavy (non-hydrogen) atoms. The van der Waals surface area contributed by atoms with E-state index in [4.69, 9.17) is 0 Å². The molecule has 1 aromatic rings. The van der Waals surface area contributed by atoms with Crippen molar-refractivity contribution in [1.29, 1.82) is 0 Å². The van der Waals surface area contributed by atoms with Crippen LogP contribution in [-0.4, -0.2) is 18.3 Å². The fourth-order valence-electron chi connectivity index (χ4n) is 2.01. The third-order valence-electron chi connectivity index (χ3n) is 2.74. The fourth-order valence-corrected chi connectivity index (χ4v) is 2.11. The molecule has 78 valence electrons. The normalized spacial score (nSPS) is 15.9. The Morgan fingerprint density at radius 1 is 1.13 bits per heavy atom. The molecular formula is C12H14N2S. The van der Waals surface area contributed by atoms with Crippen molar-refractivity contribution in [2.24, 2.45) is 4.99 Å². The van der Waals surface area contributed by atoms with Gasteiger partial charge < -0.3 is 4.90 Å². The van der Waals surface area contributed by atoms with Crippen LogP contribution in [0.4, 0.5) is 11.4 Å².